The molecule has 122 valence electrons. The fraction of sp³-hybridized carbons (Fsp3) is 0.812. The first kappa shape index (κ1) is 15.5. The third-order valence-electron chi connectivity index (χ3n) is 5.37. The first-order valence-electron chi connectivity index (χ1n) is 8.32. The third kappa shape index (κ3) is 2.64. The lowest BCUT2D eigenvalue weighted by Crippen LogP contribution is -2.57. The number of hydrogen-bond acceptors (Lipinski definition) is 4. The highest BCUT2D eigenvalue weighted by Gasteiger charge is 2.60. The van der Waals surface area contributed by atoms with E-state index >= 15 is 0 Å². The van der Waals surface area contributed by atoms with Gasteiger partial charge in [0.25, 0.3) is 0 Å². The molecule has 3 unspecified atom stereocenters. The Labute approximate surface area is 130 Å². The van der Waals surface area contributed by atoms with Gasteiger partial charge in [0.2, 0.25) is 11.8 Å². The van der Waals surface area contributed by atoms with Gasteiger partial charge in [-0.1, -0.05) is 19.3 Å². The van der Waals surface area contributed by atoms with E-state index in [1.165, 1.54) is 6.42 Å². The molecule has 22 heavy (non-hydrogen) atoms. The van der Waals surface area contributed by atoms with Gasteiger partial charge in [0.1, 0.15) is 18.1 Å². The van der Waals surface area contributed by atoms with Crippen LogP contribution in [0.3, 0.4) is 0 Å². The molecule has 3 aliphatic rings. The van der Waals surface area contributed by atoms with Gasteiger partial charge in [-0.2, -0.15) is 0 Å². The second-order valence-electron chi connectivity index (χ2n) is 6.86. The lowest BCUT2D eigenvalue weighted by Gasteiger charge is -2.28. The number of amides is 2. The highest BCUT2D eigenvalue weighted by Crippen LogP contribution is 2.44. The summed E-state index contributed by atoms with van der Waals surface area (Å²) in [6.45, 7) is 0. The molecule has 6 heteroatoms. The van der Waals surface area contributed by atoms with Crippen LogP contribution in [-0.4, -0.2) is 35.3 Å². The standard InChI is InChI=1S/C16H24N2O4/c17-12(19)9-13(20)18-16-8-4-7-11(16)22-14(15(16)21)10-5-2-1-3-6-10/h10-11,14H,1-9H2,(H2,17,19)(H,18,20). The Bertz CT molecular complexity index is 487. The van der Waals surface area contributed by atoms with E-state index in [-0.39, 0.29) is 30.3 Å². The molecule has 1 heterocycles. The van der Waals surface area contributed by atoms with Gasteiger partial charge in [0.15, 0.2) is 5.78 Å². The minimum absolute atomic E-state index is 0.0136. The third-order valence-corrected chi connectivity index (χ3v) is 5.37. The van der Waals surface area contributed by atoms with E-state index in [1.807, 2.05) is 0 Å². The summed E-state index contributed by atoms with van der Waals surface area (Å²) in [5.74, 6) is -0.865. The molecule has 0 aromatic heterocycles. The molecule has 1 saturated heterocycles. The van der Waals surface area contributed by atoms with Crippen molar-refractivity contribution in [3.8, 4) is 0 Å². The molecule has 3 fully saturated rings. The zero-order valence-electron chi connectivity index (χ0n) is 12.8. The average Bonchev–Trinajstić information content (AvgIpc) is 2.97. The zero-order valence-corrected chi connectivity index (χ0v) is 12.8. The van der Waals surface area contributed by atoms with E-state index in [1.54, 1.807) is 0 Å². The summed E-state index contributed by atoms with van der Waals surface area (Å²) in [6, 6.07) is 0. The summed E-state index contributed by atoms with van der Waals surface area (Å²) in [4.78, 5) is 35.8. The summed E-state index contributed by atoms with van der Waals surface area (Å²) < 4.78 is 6.07. The Morgan fingerprint density at radius 3 is 2.59 bits per heavy atom. The molecule has 3 N–H and O–H groups in total. The number of ether oxygens (including phenoxy) is 1. The zero-order chi connectivity index (χ0) is 15.7. The van der Waals surface area contributed by atoms with Crippen LogP contribution >= 0.6 is 0 Å². The highest BCUT2D eigenvalue weighted by molar-refractivity contribution is 6.02. The molecule has 2 saturated carbocycles. The Morgan fingerprint density at radius 2 is 1.91 bits per heavy atom. The van der Waals surface area contributed by atoms with Crippen molar-refractivity contribution in [2.24, 2.45) is 11.7 Å². The van der Waals surface area contributed by atoms with Crippen molar-refractivity contribution in [3.63, 3.8) is 0 Å². The summed E-state index contributed by atoms with van der Waals surface area (Å²) in [6.07, 6.45) is 6.77. The second-order valence-corrected chi connectivity index (χ2v) is 6.86. The average molecular weight is 308 g/mol. The van der Waals surface area contributed by atoms with Gasteiger partial charge in [0, 0.05) is 0 Å². The Kier molecular flexibility index (Phi) is 4.21. The summed E-state index contributed by atoms with van der Waals surface area (Å²) >= 11 is 0. The number of nitrogens with two attached hydrogens (primary N) is 1. The molecule has 0 spiro atoms. The van der Waals surface area contributed by atoms with E-state index in [9.17, 15) is 14.4 Å². The van der Waals surface area contributed by atoms with E-state index in [2.05, 4.69) is 5.32 Å². The number of carbonyl (C=O) groups excluding carboxylic acids is 3. The van der Waals surface area contributed by atoms with Gasteiger partial charge in [-0.3, -0.25) is 14.4 Å². The normalized spacial score (nSPS) is 35.4. The van der Waals surface area contributed by atoms with Gasteiger partial charge in [-0.15, -0.1) is 0 Å². The minimum Gasteiger partial charge on any atom is -0.369 e. The molecular weight excluding hydrogens is 284 g/mol. The number of carbonyl (C=O) groups is 3. The number of rotatable bonds is 4. The molecule has 2 aliphatic carbocycles. The van der Waals surface area contributed by atoms with Crippen LogP contribution in [0.5, 0.6) is 0 Å². The predicted octanol–water partition coefficient (Wildman–Crippen LogP) is 0.817. The number of ketones is 1. The molecule has 0 bridgehead atoms. The molecule has 3 rings (SSSR count). The number of fused-ring (bicyclic) bond motifs is 1. The molecule has 0 aromatic rings. The van der Waals surface area contributed by atoms with E-state index in [0.717, 1.165) is 38.5 Å². The predicted molar refractivity (Wildman–Crippen MR) is 78.8 cm³/mol. The first-order chi connectivity index (χ1) is 10.5. The smallest absolute Gasteiger partial charge is 0.230 e. The van der Waals surface area contributed by atoms with Crippen molar-refractivity contribution in [1.82, 2.24) is 5.32 Å². The van der Waals surface area contributed by atoms with Crippen LogP contribution in [0.4, 0.5) is 0 Å². The maximum Gasteiger partial charge on any atom is 0.230 e. The van der Waals surface area contributed by atoms with E-state index in [4.69, 9.17) is 10.5 Å². The van der Waals surface area contributed by atoms with E-state index in [0.29, 0.717) is 6.42 Å². The topological polar surface area (TPSA) is 98.5 Å². The lowest BCUT2D eigenvalue weighted by molar-refractivity contribution is -0.134. The lowest BCUT2D eigenvalue weighted by atomic mass is 9.80. The van der Waals surface area contributed by atoms with Gasteiger partial charge < -0.3 is 15.8 Å². The van der Waals surface area contributed by atoms with Crippen LogP contribution < -0.4 is 11.1 Å². The number of nitrogens with one attached hydrogen (secondary N) is 1. The van der Waals surface area contributed by atoms with Crippen LogP contribution in [0.2, 0.25) is 0 Å². The Balaban J connectivity index is 1.75. The van der Waals surface area contributed by atoms with E-state index < -0.39 is 17.4 Å². The first-order valence-corrected chi connectivity index (χ1v) is 8.32. The van der Waals surface area contributed by atoms with Crippen molar-refractivity contribution >= 4 is 17.6 Å². The minimum atomic E-state index is -0.922. The summed E-state index contributed by atoms with van der Waals surface area (Å²) in [5.41, 5.74) is 4.14. The van der Waals surface area contributed by atoms with Crippen molar-refractivity contribution in [1.29, 1.82) is 0 Å². The second kappa shape index (κ2) is 5.99. The highest BCUT2D eigenvalue weighted by atomic mass is 16.5. The van der Waals surface area contributed by atoms with Crippen LogP contribution in [0.15, 0.2) is 0 Å². The van der Waals surface area contributed by atoms with Gasteiger partial charge in [0.05, 0.1) is 6.10 Å². The van der Waals surface area contributed by atoms with Crippen LogP contribution in [-0.2, 0) is 19.1 Å². The molecule has 1 aliphatic heterocycles. The van der Waals surface area contributed by atoms with Crippen molar-refractivity contribution < 1.29 is 19.1 Å². The molecule has 0 aromatic carbocycles. The molecule has 6 nitrogen and oxygen atoms in total. The van der Waals surface area contributed by atoms with Crippen molar-refractivity contribution in [2.75, 3.05) is 0 Å². The molecule has 2 amide bonds. The SMILES string of the molecule is NC(=O)CC(=O)NC12CCCC1OC(C1CCCCC1)C2=O. The fourth-order valence-corrected chi connectivity index (χ4v) is 4.35. The Hall–Kier alpha value is -1.43. The van der Waals surface area contributed by atoms with Crippen molar-refractivity contribution in [3.05, 3.63) is 0 Å². The maximum atomic E-state index is 13.0. The molecule has 3 atom stereocenters. The molecule has 0 radical (unpaired) electrons. The maximum absolute atomic E-state index is 13.0. The monoisotopic (exact) mass is 308 g/mol. The van der Waals surface area contributed by atoms with Gasteiger partial charge in [-0.25, -0.2) is 0 Å². The number of hydrogen-bond donors (Lipinski definition) is 2. The fourth-order valence-electron chi connectivity index (χ4n) is 4.35. The van der Waals surface area contributed by atoms with Crippen LogP contribution in [0.1, 0.15) is 57.8 Å². The van der Waals surface area contributed by atoms with Crippen molar-refractivity contribution in [2.45, 2.75) is 75.5 Å². The van der Waals surface area contributed by atoms with Crippen LogP contribution in [0, 0.1) is 5.92 Å². The quantitative estimate of drug-likeness (QED) is 0.751. The Morgan fingerprint density at radius 1 is 1.18 bits per heavy atom. The van der Waals surface area contributed by atoms with Gasteiger partial charge in [-0.05, 0) is 38.0 Å². The number of Topliss-reactive ketones (excluding diaryl/α,β-unsaturated/α-hetero) is 1. The van der Waals surface area contributed by atoms with Crippen LogP contribution in [0.25, 0.3) is 0 Å². The number of primary amides is 1. The summed E-state index contributed by atoms with van der Waals surface area (Å²) in [5, 5.41) is 2.79. The van der Waals surface area contributed by atoms with Gasteiger partial charge >= 0.3 is 0 Å². The molecular formula is C16H24N2O4. The largest absolute Gasteiger partial charge is 0.369 e. The summed E-state index contributed by atoms with van der Waals surface area (Å²) in [7, 11) is 0.